The molecule has 0 fully saturated rings. The largest absolute Gasteiger partial charge is 0.491 e. The molecule has 0 saturated heterocycles. The number of hydrogen-bond donors (Lipinski definition) is 2. The molecule has 2 N–H and O–H groups in total. The van der Waals surface area contributed by atoms with E-state index in [1.165, 1.54) is 11.1 Å². The molecule has 0 radical (unpaired) electrons. The van der Waals surface area contributed by atoms with Gasteiger partial charge in [-0.15, -0.1) is 24.0 Å². The van der Waals surface area contributed by atoms with Crippen molar-refractivity contribution in [3.8, 4) is 5.75 Å². The molecule has 166 valence electrons. The summed E-state index contributed by atoms with van der Waals surface area (Å²) in [6.07, 6.45) is 0. The summed E-state index contributed by atoms with van der Waals surface area (Å²) >= 11 is 0. The second-order valence-corrected chi connectivity index (χ2v) is 6.69. The molecule has 0 atom stereocenters. The van der Waals surface area contributed by atoms with Crippen LogP contribution in [0.3, 0.4) is 0 Å². The number of hydrogen-bond acceptors (Lipinski definition) is 4. The van der Waals surface area contributed by atoms with Gasteiger partial charge in [-0.25, -0.2) is 0 Å². The highest BCUT2D eigenvalue weighted by molar-refractivity contribution is 14.0. The van der Waals surface area contributed by atoms with E-state index in [9.17, 15) is 0 Å². The number of ether oxygens (including phenoxy) is 3. The van der Waals surface area contributed by atoms with E-state index in [2.05, 4.69) is 65.0 Å². The lowest BCUT2D eigenvalue weighted by Gasteiger charge is -2.16. The van der Waals surface area contributed by atoms with E-state index in [1.807, 2.05) is 6.92 Å². The average molecular weight is 527 g/mol. The molecule has 7 heteroatoms. The highest BCUT2D eigenvalue weighted by Crippen LogP contribution is 2.20. The van der Waals surface area contributed by atoms with Crippen LogP contribution in [0.15, 0.2) is 47.5 Å². The van der Waals surface area contributed by atoms with Gasteiger partial charge in [-0.2, -0.15) is 0 Å². The van der Waals surface area contributed by atoms with Gasteiger partial charge in [-0.3, -0.25) is 4.99 Å². The molecule has 0 spiro atoms. The van der Waals surface area contributed by atoms with Crippen LogP contribution in [0, 0.1) is 6.92 Å². The molecular formula is C23H34IN3O3. The first-order valence-electron chi connectivity index (χ1n) is 9.97. The Morgan fingerprint density at radius 3 is 2.33 bits per heavy atom. The number of nitrogens with one attached hydrogen (secondary N) is 2. The van der Waals surface area contributed by atoms with Crippen molar-refractivity contribution in [1.82, 2.24) is 10.6 Å². The summed E-state index contributed by atoms with van der Waals surface area (Å²) in [5, 5.41) is 6.70. The summed E-state index contributed by atoms with van der Waals surface area (Å²) in [6, 6.07) is 14.6. The fraction of sp³-hybridized carbons (Fsp3) is 0.435. The van der Waals surface area contributed by atoms with Gasteiger partial charge in [0.15, 0.2) is 5.96 Å². The van der Waals surface area contributed by atoms with Crippen LogP contribution in [0.1, 0.15) is 29.2 Å². The van der Waals surface area contributed by atoms with E-state index in [1.54, 1.807) is 14.2 Å². The van der Waals surface area contributed by atoms with Gasteiger partial charge < -0.3 is 24.8 Å². The summed E-state index contributed by atoms with van der Waals surface area (Å²) in [5.41, 5.74) is 4.59. The van der Waals surface area contributed by atoms with Crippen molar-refractivity contribution in [2.45, 2.75) is 33.5 Å². The van der Waals surface area contributed by atoms with Crippen molar-refractivity contribution < 1.29 is 14.2 Å². The molecule has 0 bridgehead atoms. The molecule has 0 unspecified atom stereocenters. The van der Waals surface area contributed by atoms with Gasteiger partial charge in [-0.05, 0) is 36.6 Å². The number of aliphatic imine (C=N–C) groups is 1. The predicted octanol–water partition coefficient (Wildman–Crippen LogP) is 4.04. The minimum absolute atomic E-state index is 0. The Balaban J connectivity index is 0.00000450. The summed E-state index contributed by atoms with van der Waals surface area (Å²) in [6.45, 7) is 7.81. The topological polar surface area (TPSA) is 64.1 Å². The minimum Gasteiger partial charge on any atom is -0.491 e. The number of benzene rings is 2. The molecule has 0 aliphatic carbocycles. The first-order chi connectivity index (χ1) is 14.2. The second kappa shape index (κ2) is 15.0. The fourth-order valence-electron chi connectivity index (χ4n) is 2.80. The lowest BCUT2D eigenvalue weighted by Crippen LogP contribution is -2.36. The third kappa shape index (κ3) is 9.32. The van der Waals surface area contributed by atoms with E-state index in [0.29, 0.717) is 39.5 Å². The van der Waals surface area contributed by atoms with E-state index in [0.717, 1.165) is 22.8 Å². The molecule has 0 aromatic heterocycles. The van der Waals surface area contributed by atoms with Crippen molar-refractivity contribution >= 4 is 29.9 Å². The van der Waals surface area contributed by atoms with Crippen LogP contribution in [0.2, 0.25) is 0 Å². The van der Waals surface area contributed by atoms with Crippen LogP contribution in [0.4, 0.5) is 0 Å². The van der Waals surface area contributed by atoms with E-state index in [4.69, 9.17) is 14.2 Å². The monoisotopic (exact) mass is 527 g/mol. The fourth-order valence-corrected chi connectivity index (χ4v) is 2.80. The van der Waals surface area contributed by atoms with E-state index < -0.39 is 0 Å². The Morgan fingerprint density at radius 2 is 1.67 bits per heavy atom. The maximum absolute atomic E-state index is 5.91. The number of nitrogens with zero attached hydrogens (tertiary/aromatic N) is 1. The van der Waals surface area contributed by atoms with Gasteiger partial charge >= 0.3 is 0 Å². The van der Waals surface area contributed by atoms with Crippen molar-refractivity contribution in [1.29, 1.82) is 0 Å². The van der Waals surface area contributed by atoms with Gasteiger partial charge in [0.05, 0.1) is 13.2 Å². The Morgan fingerprint density at radius 1 is 0.967 bits per heavy atom. The van der Waals surface area contributed by atoms with Crippen molar-refractivity contribution in [3.63, 3.8) is 0 Å². The molecule has 0 aliphatic rings. The lowest BCUT2D eigenvalue weighted by molar-refractivity contribution is 0.110. The van der Waals surface area contributed by atoms with Crippen LogP contribution < -0.4 is 15.4 Å². The normalized spacial score (nSPS) is 11.0. The Hall–Kier alpha value is -1.84. The molecule has 2 aromatic rings. The van der Waals surface area contributed by atoms with Crippen LogP contribution in [0.25, 0.3) is 0 Å². The molecule has 0 aliphatic heterocycles. The smallest absolute Gasteiger partial charge is 0.191 e. The highest BCUT2D eigenvalue weighted by Gasteiger charge is 2.06. The zero-order valence-electron chi connectivity index (χ0n) is 18.4. The van der Waals surface area contributed by atoms with Crippen molar-refractivity contribution in [2.24, 2.45) is 4.99 Å². The van der Waals surface area contributed by atoms with Gasteiger partial charge in [0.25, 0.3) is 0 Å². The highest BCUT2D eigenvalue weighted by atomic mass is 127. The first-order valence-corrected chi connectivity index (χ1v) is 9.97. The van der Waals surface area contributed by atoms with Crippen molar-refractivity contribution in [3.05, 3.63) is 64.7 Å². The molecule has 0 amide bonds. The lowest BCUT2D eigenvalue weighted by atomic mass is 10.1. The molecule has 30 heavy (non-hydrogen) atoms. The standard InChI is InChI=1S/C23H33N3O3.HI/c1-5-28-12-13-29-22-14-18(2)6-11-21(22)16-26-23(24-3)25-15-19-7-9-20(10-8-19)17-27-4;/h6-11,14H,5,12-13,15-17H2,1-4H3,(H2,24,25,26);1H. The molecule has 2 rings (SSSR count). The van der Waals surface area contributed by atoms with Crippen LogP contribution in [0.5, 0.6) is 5.75 Å². The summed E-state index contributed by atoms with van der Waals surface area (Å²) in [4.78, 5) is 4.31. The molecule has 6 nitrogen and oxygen atoms in total. The molecule has 0 heterocycles. The van der Waals surface area contributed by atoms with Crippen LogP contribution >= 0.6 is 24.0 Å². The SMILES string of the molecule is CCOCCOc1cc(C)ccc1CNC(=NC)NCc1ccc(COC)cc1.I. The number of aryl methyl sites for hydroxylation is 1. The number of halogens is 1. The maximum atomic E-state index is 5.91. The van der Waals surface area contributed by atoms with E-state index >= 15 is 0 Å². The summed E-state index contributed by atoms with van der Waals surface area (Å²) in [7, 11) is 3.47. The molecule has 2 aromatic carbocycles. The summed E-state index contributed by atoms with van der Waals surface area (Å²) < 4.78 is 16.4. The van der Waals surface area contributed by atoms with Crippen LogP contribution in [-0.4, -0.2) is 39.9 Å². The first kappa shape index (κ1) is 26.2. The quantitative estimate of drug-likeness (QED) is 0.200. The minimum atomic E-state index is 0. The Labute approximate surface area is 197 Å². The number of rotatable bonds is 11. The van der Waals surface area contributed by atoms with Crippen molar-refractivity contribution in [2.75, 3.05) is 34.0 Å². The van der Waals surface area contributed by atoms with Crippen LogP contribution in [-0.2, 0) is 29.2 Å². The van der Waals surface area contributed by atoms with Gasteiger partial charge in [0, 0.05) is 39.4 Å². The molecule has 0 saturated carbocycles. The Bertz CT molecular complexity index is 767. The predicted molar refractivity (Wildman–Crippen MR) is 133 cm³/mol. The van der Waals surface area contributed by atoms with E-state index in [-0.39, 0.29) is 24.0 Å². The number of methoxy groups -OCH3 is 1. The number of guanidine groups is 1. The third-order valence-corrected chi connectivity index (χ3v) is 4.38. The third-order valence-electron chi connectivity index (χ3n) is 4.38. The van der Waals surface area contributed by atoms with Gasteiger partial charge in [0.1, 0.15) is 12.4 Å². The van der Waals surface area contributed by atoms with Gasteiger partial charge in [0.2, 0.25) is 0 Å². The Kier molecular flexibility index (Phi) is 13.1. The zero-order chi connectivity index (χ0) is 20.9. The maximum Gasteiger partial charge on any atom is 0.191 e. The second-order valence-electron chi connectivity index (χ2n) is 6.69. The zero-order valence-corrected chi connectivity index (χ0v) is 20.7. The summed E-state index contributed by atoms with van der Waals surface area (Å²) in [5.74, 6) is 1.62. The molecular weight excluding hydrogens is 493 g/mol. The average Bonchev–Trinajstić information content (AvgIpc) is 2.74. The van der Waals surface area contributed by atoms with Gasteiger partial charge in [-0.1, -0.05) is 36.4 Å².